The van der Waals surface area contributed by atoms with Gasteiger partial charge in [-0.2, -0.15) is 0 Å². The Hall–Kier alpha value is -0.940. The molecule has 3 unspecified atom stereocenters. The molecule has 0 radical (unpaired) electrons. The van der Waals surface area contributed by atoms with E-state index < -0.39 is 0 Å². The minimum Gasteiger partial charge on any atom is -0.271 e. The quantitative estimate of drug-likeness (QED) is 0.555. The molecular formula is C10H17N5. The van der Waals surface area contributed by atoms with E-state index in [9.17, 15) is 0 Å². The van der Waals surface area contributed by atoms with Gasteiger partial charge in [-0.05, 0) is 37.0 Å². The molecule has 1 aromatic heterocycles. The highest BCUT2D eigenvalue weighted by atomic mass is 15.4. The molecule has 0 amide bonds. The van der Waals surface area contributed by atoms with Crippen molar-refractivity contribution in [2.75, 3.05) is 0 Å². The number of hydrazine groups is 1. The largest absolute Gasteiger partial charge is 0.271 e. The van der Waals surface area contributed by atoms with Crippen molar-refractivity contribution >= 4 is 0 Å². The molecule has 3 atom stereocenters. The topological polar surface area (TPSA) is 68.8 Å². The van der Waals surface area contributed by atoms with E-state index in [1.54, 1.807) is 0 Å². The second kappa shape index (κ2) is 3.28. The smallest absolute Gasteiger partial charge is 0.0769 e. The van der Waals surface area contributed by atoms with Crippen molar-refractivity contribution < 1.29 is 0 Å². The van der Waals surface area contributed by atoms with Crippen LogP contribution >= 0.6 is 0 Å². The molecule has 0 spiro atoms. The number of hydrogen-bond acceptors (Lipinski definition) is 4. The summed E-state index contributed by atoms with van der Waals surface area (Å²) >= 11 is 0. The first-order chi connectivity index (χ1) is 7.29. The highest BCUT2D eigenvalue weighted by Crippen LogP contribution is 2.56. The number of nitrogens with one attached hydrogen (secondary N) is 1. The predicted molar refractivity (Wildman–Crippen MR) is 55.4 cm³/mol. The third-order valence-electron chi connectivity index (χ3n) is 4.00. The van der Waals surface area contributed by atoms with Crippen molar-refractivity contribution in [3.05, 3.63) is 11.9 Å². The lowest BCUT2D eigenvalue weighted by atomic mass is 9.93. The average molecular weight is 207 g/mol. The van der Waals surface area contributed by atoms with Crippen molar-refractivity contribution in [1.29, 1.82) is 0 Å². The van der Waals surface area contributed by atoms with Crippen molar-refractivity contribution in [2.24, 2.45) is 30.6 Å². The Morgan fingerprint density at radius 2 is 2.20 bits per heavy atom. The van der Waals surface area contributed by atoms with Gasteiger partial charge in [-0.3, -0.25) is 16.0 Å². The van der Waals surface area contributed by atoms with Gasteiger partial charge in [0.1, 0.15) is 0 Å². The normalized spacial score (nSPS) is 35.2. The Balaban J connectivity index is 1.79. The average Bonchev–Trinajstić information content (AvgIpc) is 2.65. The van der Waals surface area contributed by atoms with Gasteiger partial charge in [-0.15, -0.1) is 5.10 Å². The molecule has 2 aliphatic rings. The van der Waals surface area contributed by atoms with Gasteiger partial charge in [-0.25, -0.2) is 0 Å². The van der Waals surface area contributed by atoms with Crippen molar-refractivity contribution in [2.45, 2.75) is 25.3 Å². The molecular weight excluding hydrogens is 190 g/mol. The van der Waals surface area contributed by atoms with Crippen molar-refractivity contribution in [3.63, 3.8) is 0 Å². The zero-order valence-electron chi connectivity index (χ0n) is 8.93. The van der Waals surface area contributed by atoms with Gasteiger partial charge in [0.15, 0.2) is 0 Å². The maximum absolute atomic E-state index is 5.65. The van der Waals surface area contributed by atoms with Gasteiger partial charge in [0, 0.05) is 7.05 Å². The Kier molecular flexibility index (Phi) is 2.03. The molecule has 15 heavy (non-hydrogen) atoms. The summed E-state index contributed by atoms with van der Waals surface area (Å²) in [6, 6.07) is 0.220. The third-order valence-corrected chi connectivity index (χ3v) is 4.00. The first kappa shape index (κ1) is 9.30. The molecule has 5 heteroatoms. The maximum atomic E-state index is 5.65. The summed E-state index contributed by atoms with van der Waals surface area (Å²) < 4.78 is 1.81. The molecule has 5 nitrogen and oxygen atoms in total. The number of nitrogens with zero attached hydrogens (tertiary/aromatic N) is 3. The zero-order valence-corrected chi connectivity index (χ0v) is 8.93. The lowest BCUT2D eigenvalue weighted by Gasteiger charge is -2.23. The molecule has 3 rings (SSSR count). The van der Waals surface area contributed by atoms with Crippen LogP contribution in [0.15, 0.2) is 6.20 Å². The van der Waals surface area contributed by atoms with Crippen LogP contribution in [0, 0.1) is 17.8 Å². The van der Waals surface area contributed by atoms with E-state index in [4.69, 9.17) is 5.84 Å². The molecule has 0 saturated heterocycles. The zero-order chi connectivity index (χ0) is 10.4. The monoisotopic (exact) mass is 207 g/mol. The first-order valence-corrected chi connectivity index (χ1v) is 5.60. The van der Waals surface area contributed by atoms with Gasteiger partial charge in [-0.1, -0.05) is 5.21 Å². The van der Waals surface area contributed by atoms with Crippen molar-refractivity contribution in [1.82, 2.24) is 20.4 Å². The van der Waals surface area contributed by atoms with E-state index in [2.05, 4.69) is 15.7 Å². The van der Waals surface area contributed by atoms with Crippen LogP contribution in [0.25, 0.3) is 0 Å². The minimum atomic E-state index is 0.220. The van der Waals surface area contributed by atoms with Gasteiger partial charge in [0.05, 0.1) is 17.9 Å². The van der Waals surface area contributed by atoms with E-state index in [1.807, 2.05) is 17.9 Å². The number of fused-ring (bicyclic) bond motifs is 1. The fourth-order valence-corrected chi connectivity index (χ4v) is 3.08. The standard InChI is InChI=1S/C10H17N5/c1-15-9(5-12-14-15)10(13-11)8-3-6-2-7(6)4-8/h5-8,10,13H,2-4,11H2,1H3. The van der Waals surface area contributed by atoms with Crippen LogP contribution < -0.4 is 11.3 Å². The van der Waals surface area contributed by atoms with Gasteiger partial charge in [0.2, 0.25) is 0 Å². The summed E-state index contributed by atoms with van der Waals surface area (Å²) in [4.78, 5) is 0. The summed E-state index contributed by atoms with van der Waals surface area (Å²) in [5.41, 5.74) is 4.03. The molecule has 0 bridgehead atoms. The summed E-state index contributed by atoms with van der Waals surface area (Å²) in [6.45, 7) is 0. The number of nitrogens with two attached hydrogens (primary N) is 1. The Morgan fingerprint density at radius 1 is 1.47 bits per heavy atom. The molecule has 1 heterocycles. The summed E-state index contributed by atoms with van der Waals surface area (Å²) in [5.74, 6) is 8.27. The highest BCUT2D eigenvalue weighted by Gasteiger charge is 2.48. The van der Waals surface area contributed by atoms with Crippen LogP contribution in [0.3, 0.4) is 0 Å². The number of hydrogen-bond donors (Lipinski definition) is 2. The van der Waals surface area contributed by atoms with E-state index in [0.29, 0.717) is 5.92 Å². The van der Waals surface area contributed by atoms with E-state index in [1.165, 1.54) is 19.3 Å². The molecule has 2 fully saturated rings. The number of aryl methyl sites for hydroxylation is 1. The molecule has 0 aliphatic heterocycles. The van der Waals surface area contributed by atoms with Gasteiger partial charge in [0.25, 0.3) is 0 Å². The minimum absolute atomic E-state index is 0.220. The molecule has 82 valence electrons. The summed E-state index contributed by atoms with van der Waals surface area (Å²) in [6.07, 6.45) is 5.88. The van der Waals surface area contributed by atoms with Crippen LogP contribution in [0.5, 0.6) is 0 Å². The van der Waals surface area contributed by atoms with Crippen LogP contribution in [0.1, 0.15) is 31.0 Å². The molecule has 2 aliphatic carbocycles. The fourth-order valence-electron chi connectivity index (χ4n) is 3.08. The molecule has 0 aromatic carbocycles. The highest BCUT2D eigenvalue weighted by molar-refractivity contribution is 5.08. The predicted octanol–water partition coefficient (Wildman–Crippen LogP) is 0.366. The lowest BCUT2D eigenvalue weighted by Crippen LogP contribution is -2.34. The Morgan fingerprint density at radius 3 is 2.73 bits per heavy atom. The summed E-state index contributed by atoms with van der Waals surface area (Å²) in [5, 5.41) is 7.87. The molecule has 2 saturated carbocycles. The van der Waals surface area contributed by atoms with E-state index in [0.717, 1.165) is 17.5 Å². The lowest BCUT2D eigenvalue weighted by molar-refractivity contribution is 0.331. The SMILES string of the molecule is Cn1nncc1C(NN)C1CC2CC2C1. The summed E-state index contributed by atoms with van der Waals surface area (Å²) in [7, 11) is 1.92. The Labute approximate surface area is 89.0 Å². The third kappa shape index (κ3) is 1.46. The fraction of sp³-hybridized carbons (Fsp3) is 0.800. The van der Waals surface area contributed by atoms with E-state index >= 15 is 0 Å². The van der Waals surface area contributed by atoms with Crippen molar-refractivity contribution in [3.8, 4) is 0 Å². The van der Waals surface area contributed by atoms with Gasteiger partial charge < -0.3 is 0 Å². The van der Waals surface area contributed by atoms with Crippen LogP contribution in [0.4, 0.5) is 0 Å². The Bertz CT molecular complexity index is 350. The van der Waals surface area contributed by atoms with Gasteiger partial charge >= 0.3 is 0 Å². The number of rotatable bonds is 3. The van der Waals surface area contributed by atoms with E-state index in [-0.39, 0.29) is 6.04 Å². The second-order valence-corrected chi connectivity index (χ2v) is 4.91. The number of aromatic nitrogens is 3. The van der Waals surface area contributed by atoms with Crippen LogP contribution in [-0.2, 0) is 7.05 Å². The maximum Gasteiger partial charge on any atom is 0.0769 e. The van der Waals surface area contributed by atoms with Crippen LogP contribution in [-0.4, -0.2) is 15.0 Å². The first-order valence-electron chi connectivity index (χ1n) is 5.60. The molecule has 3 N–H and O–H groups in total. The molecule has 1 aromatic rings. The second-order valence-electron chi connectivity index (χ2n) is 4.91. The van der Waals surface area contributed by atoms with Crippen LogP contribution in [0.2, 0.25) is 0 Å².